The maximum absolute atomic E-state index is 13.7. The summed E-state index contributed by atoms with van der Waals surface area (Å²) in [5, 5.41) is 3.48. The van der Waals surface area contributed by atoms with Gasteiger partial charge in [0.2, 0.25) is 5.91 Å². The Morgan fingerprint density at radius 1 is 1.00 bits per heavy atom. The summed E-state index contributed by atoms with van der Waals surface area (Å²) in [6.45, 7) is 11.3. The number of methoxy groups -OCH3 is 1. The van der Waals surface area contributed by atoms with Crippen molar-refractivity contribution in [3.05, 3.63) is 87.9 Å². The second-order valence-electron chi connectivity index (χ2n) is 11.2. The molecule has 0 radical (unpaired) electrons. The van der Waals surface area contributed by atoms with Gasteiger partial charge >= 0.3 is 6.09 Å². The van der Waals surface area contributed by atoms with Crippen LogP contribution in [0.1, 0.15) is 75.9 Å². The number of nitrogens with zero attached hydrogens (tertiary/aromatic N) is 1. The van der Waals surface area contributed by atoms with Crippen molar-refractivity contribution in [1.29, 1.82) is 0 Å². The van der Waals surface area contributed by atoms with E-state index in [0.29, 0.717) is 16.5 Å². The molecule has 0 aliphatic carbocycles. The number of nitrogens with one attached hydrogen (secondary N) is 1. The van der Waals surface area contributed by atoms with Gasteiger partial charge in [0.1, 0.15) is 5.60 Å². The summed E-state index contributed by atoms with van der Waals surface area (Å²) >= 11 is 6.22. The van der Waals surface area contributed by atoms with Crippen molar-refractivity contribution in [1.82, 2.24) is 5.32 Å². The van der Waals surface area contributed by atoms with Crippen LogP contribution in [0.2, 0.25) is 5.02 Å². The van der Waals surface area contributed by atoms with E-state index >= 15 is 0 Å². The van der Waals surface area contributed by atoms with E-state index < -0.39 is 17.7 Å². The Bertz CT molecular complexity index is 1360. The summed E-state index contributed by atoms with van der Waals surface area (Å²) < 4.78 is 17.1. The molecule has 0 aromatic heterocycles. The average Bonchev–Trinajstić information content (AvgIpc) is 2.87. The highest BCUT2D eigenvalue weighted by molar-refractivity contribution is 6.30. The topological polar surface area (TPSA) is 77.1 Å². The second-order valence-corrected chi connectivity index (χ2v) is 11.7. The number of amides is 2. The van der Waals surface area contributed by atoms with Crippen molar-refractivity contribution in [2.75, 3.05) is 12.0 Å². The Morgan fingerprint density at radius 2 is 1.65 bits per heavy atom. The zero-order chi connectivity index (χ0) is 29.2. The fraction of sp³-hybridized carbons (Fsp3) is 0.375. The standard InChI is InChI=1S/C32H37ClN2O5/c1-19(2)39-28-18-26-23(16-27(28)38-7)17-29(36)35(30(26)22-8-12-24(33)13-9-22)25-14-10-21(11-15-25)20(3)34-31(37)40-32(4,5)6/h8-16,18-20,30H,17H2,1-7H3,(H,34,37). The van der Waals surface area contributed by atoms with E-state index in [2.05, 4.69) is 5.32 Å². The SMILES string of the molecule is COc1cc2c(cc1OC(C)C)C(c1ccc(Cl)cc1)N(c1ccc(C(C)NC(=O)OC(C)(C)C)cc1)C(=O)C2. The van der Waals surface area contributed by atoms with E-state index in [1.165, 1.54) is 0 Å². The summed E-state index contributed by atoms with van der Waals surface area (Å²) in [5.74, 6) is 1.18. The molecule has 1 aliphatic rings. The molecule has 0 bridgehead atoms. The number of benzene rings is 3. The van der Waals surface area contributed by atoms with E-state index in [1.54, 1.807) is 7.11 Å². The Labute approximate surface area is 241 Å². The van der Waals surface area contributed by atoms with Crippen LogP contribution < -0.4 is 19.7 Å². The van der Waals surface area contributed by atoms with Crippen LogP contribution in [0, 0.1) is 0 Å². The minimum Gasteiger partial charge on any atom is -0.493 e. The van der Waals surface area contributed by atoms with Gasteiger partial charge in [0.15, 0.2) is 11.5 Å². The van der Waals surface area contributed by atoms with Gasteiger partial charge in [-0.1, -0.05) is 35.9 Å². The first kappa shape index (κ1) is 29.3. The zero-order valence-electron chi connectivity index (χ0n) is 24.1. The molecule has 0 fully saturated rings. The molecule has 4 rings (SSSR count). The van der Waals surface area contributed by atoms with Crippen LogP contribution in [-0.2, 0) is 16.0 Å². The first-order chi connectivity index (χ1) is 18.9. The summed E-state index contributed by atoms with van der Waals surface area (Å²) in [5.41, 5.74) is 3.82. The molecule has 1 N–H and O–H groups in total. The smallest absolute Gasteiger partial charge is 0.408 e. The van der Waals surface area contributed by atoms with Gasteiger partial charge in [-0.15, -0.1) is 0 Å². The number of ether oxygens (including phenoxy) is 3. The van der Waals surface area contributed by atoms with Crippen LogP contribution in [0.3, 0.4) is 0 Å². The Hall–Kier alpha value is -3.71. The molecule has 8 heteroatoms. The van der Waals surface area contributed by atoms with Crippen molar-refractivity contribution in [2.45, 2.75) is 71.8 Å². The van der Waals surface area contributed by atoms with E-state index in [-0.39, 0.29) is 24.5 Å². The third-order valence-corrected chi connectivity index (χ3v) is 6.79. The number of carbonyl (C=O) groups excluding carboxylic acids is 2. The molecule has 0 saturated carbocycles. The van der Waals surface area contributed by atoms with E-state index in [4.69, 9.17) is 25.8 Å². The van der Waals surface area contributed by atoms with Crippen LogP contribution in [0.4, 0.5) is 10.5 Å². The fourth-order valence-electron chi connectivity index (χ4n) is 4.82. The predicted octanol–water partition coefficient (Wildman–Crippen LogP) is 7.40. The molecular weight excluding hydrogens is 528 g/mol. The van der Waals surface area contributed by atoms with Gasteiger partial charge in [0.25, 0.3) is 0 Å². The summed E-state index contributed by atoms with van der Waals surface area (Å²) in [4.78, 5) is 27.8. The van der Waals surface area contributed by atoms with Crippen molar-refractivity contribution in [2.24, 2.45) is 0 Å². The summed E-state index contributed by atoms with van der Waals surface area (Å²) in [6, 6.07) is 18.4. The molecule has 1 heterocycles. The van der Waals surface area contributed by atoms with Crippen molar-refractivity contribution in [3.63, 3.8) is 0 Å². The van der Waals surface area contributed by atoms with Crippen molar-refractivity contribution < 1.29 is 23.8 Å². The van der Waals surface area contributed by atoms with Crippen molar-refractivity contribution in [3.8, 4) is 11.5 Å². The lowest BCUT2D eigenvalue weighted by molar-refractivity contribution is -0.118. The number of fused-ring (bicyclic) bond motifs is 1. The molecule has 0 saturated heterocycles. The average molecular weight is 565 g/mol. The van der Waals surface area contributed by atoms with Gasteiger partial charge in [-0.2, -0.15) is 0 Å². The number of rotatable bonds is 7. The molecule has 2 unspecified atom stereocenters. The fourth-order valence-corrected chi connectivity index (χ4v) is 4.95. The Balaban J connectivity index is 1.73. The lowest BCUT2D eigenvalue weighted by atomic mass is 9.86. The molecule has 1 aliphatic heterocycles. The van der Waals surface area contributed by atoms with E-state index in [9.17, 15) is 9.59 Å². The number of anilines is 1. The second kappa shape index (κ2) is 11.8. The largest absolute Gasteiger partial charge is 0.493 e. The highest BCUT2D eigenvalue weighted by atomic mass is 35.5. The number of carbonyl (C=O) groups is 2. The molecule has 3 aromatic rings. The van der Waals surface area contributed by atoms with Crippen LogP contribution in [-0.4, -0.2) is 30.8 Å². The molecule has 2 atom stereocenters. The van der Waals surface area contributed by atoms with Crippen LogP contribution in [0.5, 0.6) is 11.5 Å². The zero-order valence-corrected chi connectivity index (χ0v) is 24.8. The van der Waals surface area contributed by atoms with Gasteiger partial charge in [0.05, 0.1) is 31.7 Å². The molecule has 7 nitrogen and oxygen atoms in total. The number of halogens is 1. The number of hydrogen-bond donors (Lipinski definition) is 1. The van der Waals surface area contributed by atoms with Crippen LogP contribution >= 0.6 is 11.6 Å². The third kappa shape index (κ3) is 6.70. The minimum absolute atomic E-state index is 0.0419. The quantitative estimate of drug-likeness (QED) is 0.323. The number of hydrogen-bond acceptors (Lipinski definition) is 5. The summed E-state index contributed by atoms with van der Waals surface area (Å²) in [7, 11) is 1.60. The third-order valence-electron chi connectivity index (χ3n) is 6.54. The first-order valence-corrected chi connectivity index (χ1v) is 13.8. The minimum atomic E-state index is -0.584. The molecular formula is C32H37ClN2O5. The predicted molar refractivity (Wildman–Crippen MR) is 157 cm³/mol. The highest BCUT2D eigenvalue weighted by Gasteiger charge is 2.36. The molecule has 2 amide bonds. The van der Waals surface area contributed by atoms with Gasteiger partial charge in [-0.25, -0.2) is 4.79 Å². The monoisotopic (exact) mass is 564 g/mol. The van der Waals surface area contributed by atoms with Gasteiger partial charge in [-0.05, 0) is 100 Å². The lowest BCUT2D eigenvalue weighted by Crippen LogP contribution is -2.41. The van der Waals surface area contributed by atoms with Crippen LogP contribution in [0.25, 0.3) is 0 Å². The van der Waals surface area contributed by atoms with Gasteiger partial charge in [0, 0.05) is 10.7 Å². The first-order valence-electron chi connectivity index (χ1n) is 13.4. The summed E-state index contributed by atoms with van der Waals surface area (Å²) in [6.07, 6.45) is -0.313. The Morgan fingerprint density at radius 3 is 2.23 bits per heavy atom. The highest BCUT2D eigenvalue weighted by Crippen LogP contribution is 2.44. The Kier molecular flexibility index (Phi) is 8.64. The molecule has 0 spiro atoms. The van der Waals surface area contributed by atoms with Crippen LogP contribution in [0.15, 0.2) is 60.7 Å². The molecule has 212 valence electrons. The van der Waals surface area contributed by atoms with Crippen molar-refractivity contribution >= 4 is 29.3 Å². The normalized spacial score (nSPS) is 15.9. The van der Waals surface area contributed by atoms with E-state index in [0.717, 1.165) is 27.9 Å². The molecule has 40 heavy (non-hydrogen) atoms. The number of alkyl carbamates (subject to hydrolysis) is 1. The lowest BCUT2D eigenvalue weighted by Gasteiger charge is -2.38. The van der Waals surface area contributed by atoms with Gasteiger partial charge < -0.3 is 24.4 Å². The molecule has 3 aromatic carbocycles. The van der Waals surface area contributed by atoms with E-state index in [1.807, 2.05) is 107 Å². The van der Waals surface area contributed by atoms with Gasteiger partial charge in [-0.3, -0.25) is 4.79 Å². The maximum Gasteiger partial charge on any atom is 0.408 e. The maximum atomic E-state index is 13.7.